The Hall–Kier alpha value is -1.56. The zero-order chi connectivity index (χ0) is 10.3. The molecule has 0 heteroatoms. The van der Waals surface area contributed by atoms with Crippen molar-refractivity contribution in [2.45, 2.75) is 25.7 Å². The van der Waals surface area contributed by atoms with Crippen LogP contribution in [0.3, 0.4) is 0 Å². The van der Waals surface area contributed by atoms with Gasteiger partial charge in [-0.2, -0.15) is 0 Å². The van der Waals surface area contributed by atoms with E-state index in [0.717, 1.165) is 0 Å². The Kier molecular flexibility index (Phi) is 1.08. The van der Waals surface area contributed by atoms with E-state index in [1.165, 1.54) is 36.5 Å². The van der Waals surface area contributed by atoms with Crippen LogP contribution in [0.25, 0.3) is 32.3 Å². The molecule has 0 bridgehead atoms. The van der Waals surface area contributed by atoms with Crippen LogP contribution in [0.1, 0.15) is 24.0 Å². The second-order valence-corrected chi connectivity index (χ2v) is 5.21. The number of hydrogen-bond donors (Lipinski definition) is 0. The van der Waals surface area contributed by atoms with Crippen molar-refractivity contribution in [3.63, 3.8) is 0 Å². The van der Waals surface area contributed by atoms with Gasteiger partial charge in [0.25, 0.3) is 0 Å². The SMILES string of the molecule is c1ccc2c(c1)c1c3c(c4c2c14)CCCC3. The minimum Gasteiger partial charge on any atom is -0.0616 e. The quantitative estimate of drug-likeness (QED) is 0.399. The Morgan fingerprint density at radius 2 is 1.25 bits per heavy atom. The monoisotopic (exact) mass is 204 g/mol. The molecular formula is C16H12. The van der Waals surface area contributed by atoms with Gasteiger partial charge in [-0.3, -0.25) is 0 Å². The van der Waals surface area contributed by atoms with E-state index in [-0.39, 0.29) is 0 Å². The molecule has 0 fully saturated rings. The van der Waals surface area contributed by atoms with Crippen molar-refractivity contribution in [1.82, 2.24) is 0 Å². The fraction of sp³-hybridized carbons (Fsp3) is 0.250. The molecule has 0 aromatic heterocycles. The molecule has 4 aromatic carbocycles. The molecule has 0 spiro atoms. The van der Waals surface area contributed by atoms with Gasteiger partial charge < -0.3 is 0 Å². The molecule has 1 aliphatic rings. The van der Waals surface area contributed by atoms with Gasteiger partial charge in [0.1, 0.15) is 0 Å². The molecule has 0 saturated heterocycles. The maximum Gasteiger partial charge on any atom is -0.000780 e. The standard InChI is InChI=1S/C16H12/c1-3-7-11-9(5-1)13-10-6-2-4-8-12(10)15-14(11)16(13)15/h1,3,5,7H,2,4,6,8H2. The highest BCUT2D eigenvalue weighted by Crippen LogP contribution is 2.56. The third-order valence-corrected chi connectivity index (χ3v) is 4.47. The van der Waals surface area contributed by atoms with Crippen molar-refractivity contribution in [3.8, 4) is 0 Å². The highest BCUT2D eigenvalue weighted by molar-refractivity contribution is 6.49. The van der Waals surface area contributed by atoms with E-state index >= 15 is 0 Å². The Morgan fingerprint density at radius 1 is 0.625 bits per heavy atom. The van der Waals surface area contributed by atoms with E-state index < -0.39 is 0 Å². The van der Waals surface area contributed by atoms with E-state index in [9.17, 15) is 0 Å². The summed E-state index contributed by atoms with van der Waals surface area (Å²) < 4.78 is 0. The van der Waals surface area contributed by atoms with Gasteiger partial charge in [-0.15, -0.1) is 0 Å². The lowest BCUT2D eigenvalue weighted by Gasteiger charge is -2.11. The van der Waals surface area contributed by atoms with Gasteiger partial charge in [-0.05, 0) is 69.1 Å². The molecule has 0 N–H and O–H groups in total. The van der Waals surface area contributed by atoms with Crippen LogP contribution in [0, 0.1) is 0 Å². The third-order valence-electron chi connectivity index (χ3n) is 4.47. The Balaban J connectivity index is 2.10. The van der Waals surface area contributed by atoms with Crippen molar-refractivity contribution in [2.75, 3.05) is 0 Å². The summed E-state index contributed by atoms with van der Waals surface area (Å²) in [4.78, 5) is 0. The first-order valence-corrected chi connectivity index (χ1v) is 6.28. The molecule has 0 saturated carbocycles. The molecule has 5 rings (SSSR count). The summed E-state index contributed by atoms with van der Waals surface area (Å²) in [5, 5.41) is 9.54. The Labute approximate surface area is 93.9 Å². The van der Waals surface area contributed by atoms with Crippen molar-refractivity contribution < 1.29 is 0 Å². The van der Waals surface area contributed by atoms with Gasteiger partial charge in [0.15, 0.2) is 0 Å². The smallest absolute Gasteiger partial charge is 0.000780 e. The molecular weight excluding hydrogens is 192 g/mol. The highest BCUT2D eigenvalue weighted by Gasteiger charge is 2.31. The minimum absolute atomic E-state index is 1.32. The van der Waals surface area contributed by atoms with E-state index in [2.05, 4.69) is 24.3 Å². The average Bonchev–Trinajstić information content (AvgIpc) is 2.88. The lowest BCUT2D eigenvalue weighted by Crippen LogP contribution is -1.98. The summed E-state index contributed by atoms with van der Waals surface area (Å²) >= 11 is 0. The van der Waals surface area contributed by atoms with Crippen LogP contribution < -0.4 is 0 Å². The first kappa shape index (κ1) is 7.67. The number of aryl methyl sites for hydroxylation is 2. The second-order valence-electron chi connectivity index (χ2n) is 5.21. The van der Waals surface area contributed by atoms with Crippen LogP contribution in [0.4, 0.5) is 0 Å². The van der Waals surface area contributed by atoms with Gasteiger partial charge in [0.05, 0.1) is 0 Å². The maximum absolute atomic E-state index is 2.30. The van der Waals surface area contributed by atoms with Crippen LogP contribution in [0.15, 0.2) is 24.3 Å². The zero-order valence-electron chi connectivity index (χ0n) is 9.14. The van der Waals surface area contributed by atoms with Crippen molar-refractivity contribution >= 4 is 32.3 Å². The normalized spacial score (nSPS) is 17.0. The van der Waals surface area contributed by atoms with Crippen LogP contribution in [0.5, 0.6) is 0 Å². The Bertz CT molecular complexity index is 794. The molecule has 0 radical (unpaired) electrons. The largest absolute Gasteiger partial charge is 0.0616 e. The van der Waals surface area contributed by atoms with E-state index in [1.54, 1.807) is 32.7 Å². The summed E-state index contributed by atoms with van der Waals surface area (Å²) in [7, 11) is 0. The maximum atomic E-state index is 2.30. The second kappa shape index (κ2) is 2.24. The molecule has 0 aliphatic heterocycles. The average molecular weight is 204 g/mol. The molecule has 16 heavy (non-hydrogen) atoms. The first-order valence-electron chi connectivity index (χ1n) is 6.28. The van der Waals surface area contributed by atoms with Crippen LogP contribution in [-0.4, -0.2) is 0 Å². The van der Waals surface area contributed by atoms with Gasteiger partial charge >= 0.3 is 0 Å². The molecule has 1 aliphatic carbocycles. The summed E-state index contributed by atoms with van der Waals surface area (Å²) in [5.74, 6) is 0. The molecule has 0 unspecified atom stereocenters. The predicted molar refractivity (Wildman–Crippen MR) is 69.2 cm³/mol. The fourth-order valence-corrected chi connectivity index (χ4v) is 3.83. The van der Waals surface area contributed by atoms with Crippen LogP contribution in [0.2, 0.25) is 0 Å². The van der Waals surface area contributed by atoms with Crippen molar-refractivity contribution in [3.05, 3.63) is 35.4 Å². The third kappa shape index (κ3) is 0.640. The van der Waals surface area contributed by atoms with E-state index in [4.69, 9.17) is 0 Å². The molecule has 0 heterocycles. The van der Waals surface area contributed by atoms with Gasteiger partial charge in [0.2, 0.25) is 0 Å². The van der Waals surface area contributed by atoms with Crippen molar-refractivity contribution in [2.24, 2.45) is 0 Å². The zero-order valence-corrected chi connectivity index (χ0v) is 9.14. The lowest BCUT2D eigenvalue weighted by molar-refractivity contribution is 0.696. The summed E-state index contributed by atoms with van der Waals surface area (Å²) in [6.07, 6.45) is 5.43. The van der Waals surface area contributed by atoms with Crippen LogP contribution in [-0.2, 0) is 12.8 Å². The number of fused-ring (bicyclic) bond motifs is 7. The molecule has 4 aromatic rings. The summed E-state index contributed by atoms with van der Waals surface area (Å²) in [5.41, 5.74) is 3.41. The molecule has 76 valence electrons. The number of hydrogen-bond acceptors (Lipinski definition) is 0. The van der Waals surface area contributed by atoms with E-state index in [1.807, 2.05) is 0 Å². The number of rotatable bonds is 0. The highest BCUT2D eigenvalue weighted by atomic mass is 14.3. The van der Waals surface area contributed by atoms with Gasteiger partial charge in [-0.25, -0.2) is 0 Å². The van der Waals surface area contributed by atoms with Gasteiger partial charge in [-0.1, -0.05) is 24.3 Å². The van der Waals surface area contributed by atoms with Crippen molar-refractivity contribution in [1.29, 1.82) is 0 Å². The van der Waals surface area contributed by atoms with E-state index in [0.29, 0.717) is 0 Å². The summed E-state index contributed by atoms with van der Waals surface area (Å²) in [6.45, 7) is 0. The molecule has 0 nitrogen and oxygen atoms in total. The lowest BCUT2D eigenvalue weighted by atomic mass is 9.93. The number of benzene rings is 3. The fourth-order valence-electron chi connectivity index (χ4n) is 3.83. The van der Waals surface area contributed by atoms with Gasteiger partial charge in [0, 0.05) is 0 Å². The molecule has 0 atom stereocenters. The predicted octanol–water partition coefficient (Wildman–Crippen LogP) is 4.34. The topological polar surface area (TPSA) is 0 Å². The Morgan fingerprint density at radius 3 is 2.00 bits per heavy atom. The van der Waals surface area contributed by atoms with Crippen LogP contribution >= 0.6 is 0 Å². The molecule has 0 amide bonds. The summed E-state index contributed by atoms with van der Waals surface area (Å²) in [6, 6.07) is 8.95. The first-order chi connectivity index (χ1) is 7.97. The minimum atomic E-state index is 1.32.